The van der Waals surface area contributed by atoms with Crippen LogP contribution in [0.2, 0.25) is 0 Å². The molecule has 1 aliphatic rings. The third kappa shape index (κ3) is 2.38. The maximum Gasteiger partial charge on any atom is 0.120 e. The molecule has 94 valence electrons. The van der Waals surface area contributed by atoms with Gasteiger partial charge in [0.2, 0.25) is 0 Å². The normalized spacial score (nSPS) is 22.8. The first-order valence-electron chi connectivity index (χ1n) is 6.28. The van der Waals surface area contributed by atoms with Crippen LogP contribution in [0.5, 0.6) is 5.75 Å². The van der Waals surface area contributed by atoms with Gasteiger partial charge >= 0.3 is 0 Å². The van der Waals surface area contributed by atoms with Crippen LogP contribution in [0.4, 0.5) is 0 Å². The topological polar surface area (TPSA) is 21.3 Å². The molecule has 0 aromatic heterocycles. The monoisotopic (exact) mass is 305 g/mol. The Balaban J connectivity index is 1.75. The van der Waals surface area contributed by atoms with E-state index in [2.05, 4.69) is 57.6 Å². The zero-order valence-corrected chi connectivity index (χ0v) is 11.9. The van der Waals surface area contributed by atoms with Gasteiger partial charge in [-0.15, -0.1) is 0 Å². The first-order valence-corrected chi connectivity index (χ1v) is 7.07. The predicted molar refractivity (Wildman–Crippen MR) is 78.1 cm³/mol. The lowest BCUT2D eigenvalue weighted by Crippen LogP contribution is -2.45. The third-order valence-corrected chi connectivity index (χ3v) is 4.07. The molecule has 0 saturated heterocycles. The molecule has 0 spiro atoms. The second-order valence-corrected chi connectivity index (χ2v) is 5.77. The van der Waals surface area contributed by atoms with Crippen LogP contribution in [0.15, 0.2) is 40.9 Å². The minimum absolute atomic E-state index is 0.371. The van der Waals surface area contributed by atoms with Gasteiger partial charge < -0.3 is 10.1 Å². The van der Waals surface area contributed by atoms with Crippen LogP contribution in [0.25, 0.3) is 10.8 Å². The number of nitrogens with one attached hydrogen (secondary N) is 1. The van der Waals surface area contributed by atoms with E-state index in [1.807, 2.05) is 7.05 Å². The summed E-state index contributed by atoms with van der Waals surface area (Å²) in [6.45, 7) is 0. The average Bonchev–Trinajstić information content (AvgIpc) is 2.33. The largest absolute Gasteiger partial charge is 0.490 e. The first kappa shape index (κ1) is 12.0. The van der Waals surface area contributed by atoms with Crippen LogP contribution in [-0.2, 0) is 0 Å². The van der Waals surface area contributed by atoms with Crippen molar-refractivity contribution in [3.63, 3.8) is 0 Å². The summed E-state index contributed by atoms with van der Waals surface area (Å²) in [5.41, 5.74) is 0. The lowest BCUT2D eigenvalue weighted by Gasteiger charge is -2.35. The molecule has 0 radical (unpaired) electrons. The highest BCUT2D eigenvalue weighted by atomic mass is 79.9. The van der Waals surface area contributed by atoms with Crippen molar-refractivity contribution in [2.75, 3.05) is 7.05 Å². The summed E-state index contributed by atoms with van der Waals surface area (Å²) in [6, 6.07) is 13.2. The molecule has 3 heteroatoms. The minimum Gasteiger partial charge on any atom is -0.490 e. The standard InChI is InChI=1S/C15H16BrNO/c1-17-13-8-15(9-13)18-14-5-3-10-6-12(16)4-2-11(10)7-14/h2-7,13,15,17H,8-9H2,1H3. The molecule has 1 aliphatic carbocycles. The van der Waals surface area contributed by atoms with Gasteiger partial charge in [-0.2, -0.15) is 0 Å². The van der Waals surface area contributed by atoms with E-state index in [1.54, 1.807) is 0 Å². The highest BCUT2D eigenvalue weighted by Gasteiger charge is 2.29. The minimum atomic E-state index is 0.371. The Morgan fingerprint density at radius 1 is 1.11 bits per heavy atom. The molecule has 0 aliphatic heterocycles. The van der Waals surface area contributed by atoms with E-state index in [0.717, 1.165) is 23.1 Å². The molecular formula is C15H16BrNO. The molecule has 2 aromatic carbocycles. The Kier molecular flexibility index (Phi) is 3.27. The van der Waals surface area contributed by atoms with Crippen LogP contribution >= 0.6 is 15.9 Å². The molecule has 1 fully saturated rings. The fraction of sp³-hybridized carbons (Fsp3) is 0.333. The summed E-state index contributed by atoms with van der Waals surface area (Å²) >= 11 is 3.49. The van der Waals surface area contributed by atoms with Gasteiger partial charge in [0.1, 0.15) is 11.9 Å². The highest BCUT2D eigenvalue weighted by molar-refractivity contribution is 9.10. The second-order valence-electron chi connectivity index (χ2n) is 4.85. The van der Waals surface area contributed by atoms with Crippen molar-refractivity contribution in [1.29, 1.82) is 0 Å². The number of benzene rings is 2. The van der Waals surface area contributed by atoms with Crippen LogP contribution in [0, 0.1) is 0 Å². The van der Waals surface area contributed by atoms with E-state index in [-0.39, 0.29) is 0 Å². The Morgan fingerprint density at radius 2 is 1.83 bits per heavy atom. The van der Waals surface area contributed by atoms with Gasteiger partial charge in [-0.05, 0) is 54.9 Å². The molecule has 2 aromatic rings. The van der Waals surface area contributed by atoms with Crippen molar-refractivity contribution < 1.29 is 4.74 Å². The van der Waals surface area contributed by atoms with E-state index in [0.29, 0.717) is 12.1 Å². The van der Waals surface area contributed by atoms with Gasteiger partial charge in [-0.1, -0.05) is 28.1 Å². The second kappa shape index (κ2) is 4.90. The van der Waals surface area contributed by atoms with Gasteiger partial charge in [0, 0.05) is 10.5 Å². The zero-order valence-electron chi connectivity index (χ0n) is 10.3. The number of hydrogen-bond donors (Lipinski definition) is 1. The predicted octanol–water partition coefficient (Wildman–Crippen LogP) is 3.73. The molecule has 1 N–H and O–H groups in total. The SMILES string of the molecule is CNC1CC(Oc2ccc3cc(Br)ccc3c2)C1. The molecule has 1 saturated carbocycles. The van der Waals surface area contributed by atoms with E-state index in [1.165, 1.54) is 10.8 Å². The van der Waals surface area contributed by atoms with Crippen molar-refractivity contribution in [2.24, 2.45) is 0 Å². The number of halogens is 1. The summed E-state index contributed by atoms with van der Waals surface area (Å²) < 4.78 is 7.08. The number of ether oxygens (including phenoxy) is 1. The molecule has 0 bridgehead atoms. The molecule has 2 nitrogen and oxygen atoms in total. The van der Waals surface area contributed by atoms with Gasteiger partial charge in [0.05, 0.1) is 0 Å². The maximum atomic E-state index is 5.97. The van der Waals surface area contributed by atoms with Gasteiger partial charge in [0.25, 0.3) is 0 Å². The zero-order chi connectivity index (χ0) is 12.5. The van der Waals surface area contributed by atoms with Gasteiger partial charge in [0.15, 0.2) is 0 Å². The van der Waals surface area contributed by atoms with Crippen LogP contribution in [0.3, 0.4) is 0 Å². The molecule has 0 unspecified atom stereocenters. The molecule has 0 amide bonds. The first-order chi connectivity index (χ1) is 8.74. The lowest BCUT2D eigenvalue weighted by atomic mass is 9.89. The van der Waals surface area contributed by atoms with E-state index in [4.69, 9.17) is 4.74 Å². The summed E-state index contributed by atoms with van der Waals surface area (Å²) in [7, 11) is 2.01. The quantitative estimate of drug-likeness (QED) is 0.933. The van der Waals surface area contributed by atoms with Crippen molar-refractivity contribution >= 4 is 26.7 Å². The van der Waals surface area contributed by atoms with E-state index in [9.17, 15) is 0 Å². The van der Waals surface area contributed by atoms with Crippen LogP contribution < -0.4 is 10.1 Å². The maximum absolute atomic E-state index is 5.97. The van der Waals surface area contributed by atoms with Crippen molar-refractivity contribution in [3.8, 4) is 5.75 Å². The number of rotatable bonds is 3. The Morgan fingerprint density at radius 3 is 2.61 bits per heavy atom. The van der Waals surface area contributed by atoms with Gasteiger partial charge in [-0.25, -0.2) is 0 Å². The molecule has 0 heterocycles. The Labute approximate surface area is 115 Å². The molecule has 3 rings (SSSR count). The summed E-state index contributed by atoms with van der Waals surface area (Å²) in [4.78, 5) is 0. The van der Waals surface area contributed by atoms with Crippen molar-refractivity contribution in [2.45, 2.75) is 25.0 Å². The average molecular weight is 306 g/mol. The summed E-state index contributed by atoms with van der Waals surface area (Å²) in [6.07, 6.45) is 2.58. The third-order valence-electron chi connectivity index (χ3n) is 3.58. The van der Waals surface area contributed by atoms with Crippen LogP contribution in [-0.4, -0.2) is 19.2 Å². The highest BCUT2D eigenvalue weighted by Crippen LogP contribution is 2.29. The summed E-state index contributed by atoms with van der Waals surface area (Å²) in [5.74, 6) is 0.976. The molecular weight excluding hydrogens is 290 g/mol. The summed E-state index contributed by atoms with van der Waals surface area (Å²) in [5, 5.41) is 5.72. The Hall–Kier alpha value is -1.06. The fourth-order valence-corrected chi connectivity index (χ4v) is 2.74. The molecule has 0 atom stereocenters. The van der Waals surface area contributed by atoms with Gasteiger partial charge in [-0.3, -0.25) is 0 Å². The number of hydrogen-bond acceptors (Lipinski definition) is 2. The van der Waals surface area contributed by atoms with Crippen LogP contribution in [0.1, 0.15) is 12.8 Å². The van der Waals surface area contributed by atoms with Crippen molar-refractivity contribution in [1.82, 2.24) is 5.32 Å². The fourth-order valence-electron chi connectivity index (χ4n) is 2.36. The lowest BCUT2D eigenvalue weighted by molar-refractivity contribution is 0.0886. The van der Waals surface area contributed by atoms with Crippen molar-refractivity contribution in [3.05, 3.63) is 40.9 Å². The van der Waals surface area contributed by atoms with E-state index >= 15 is 0 Å². The molecule has 18 heavy (non-hydrogen) atoms. The van der Waals surface area contributed by atoms with E-state index < -0.39 is 0 Å². The Bertz CT molecular complexity index is 563. The number of fused-ring (bicyclic) bond motifs is 1. The smallest absolute Gasteiger partial charge is 0.120 e.